The van der Waals surface area contributed by atoms with Gasteiger partial charge in [-0.25, -0.2) is 4.79 Å². The van der Waals surface area contributed by atoms with Gasteiger partial charge in [-0.15, -0.1) is 0 Å². The molecule has 148 valence electrons. The first kappa shape index (κ1) is 19.6. The number of anilines is 1. The molecule has 7 nitrogen and oxygen atoms in total. The number of likely N-dealkylation sites (tertiary alicyclic amines) is 1. The summed E-state index contributed by atoms with van der Waals surface area (Å²) >= 11 is 0. The Morgan fingerprint density at radius 3 is 2.22 bits per heavy atom. The van der Waals surface area contributed by atoms with Crippen LogP contribution in [0.15, 0.2) is 24.3 Å². The van der Waals surface area contributed by atoms with E-state index in [2.05, 4.69) is 5.32 Å². The van der Waals surface area contributed by atoms with E-state index >= 15 is 0 Å². The molecular formula is C20H28N2O5. The highest BCUT2D eigenvalue weighted by Gasteiger charge is 2.32. The van der Waals surface area contributed by atoms with Gasteiger partial charge in [-0.1, -0.05) is 0 Å². The summed E-state index contributed by atoms with van der Waals surface area (Å²) < 4.78 is 16.4. The van der Waals surface area contributed by atoms with Gasteiger partial charge in [0.15, 0.2) is 6.29 Å². The predicted molar refractivity (Wildman–Crippen MR) is 101 cm³/mol. The van der Waals surface area contributed by atoms with Crippen molar-refractivity contribution < 1.29 is 23.8 Å². The molecule has 2 fully saturated rings. The van der Waals surface area contributed by atoms with E-state index in [0.717, 1.165) is 12.8 Å². The molecule has 2 aliphatic heterocycles. The molecule has 0 bridgehead atoms. The lowest BCUT2D eigenvalue weighted by Crippen LogP contribution is -2.41. The maximum atomic E-state index is 12.7. The number of carbonyl (C=O) groups is 2. The normalized spacial score (nSPS) is 19.1. The highest BCUT2D eigenvalue weighted by Crippen LogP contribution is 2.26. The third kappa shape index (κ3) is 5.43. The van der Waals surface area contributed by atoms with Crippen LogP contribution in [-0.2, 0) is 14.2 Å². The zero-order chi connectivity index (χ0) is 19.4. The summed E-state index contributed by atoms with van der Waals surface area (Å²) in [4.78, 5) is 26.4. The predicted octanol–water partition coefficient (Wildman–Crippen LogP) is 3.26. The maximum absolute atomic E-state index is 12.7. The molecule has 7 heteroatoms. The van der Waals surface area contributed by atoms with E-state index in [0.29, 0.717) is 43.5 Å². The van der Waals surface area contributed by atoms with Crippen molar-refractivity contribution >= 4 is 17.7 Å². The molecule has 0 spiro atoms. The highest BCUT2D eigenvalue weighted by atomic mass is 16.7. The standard InChI is InChI=1S/C20H28N2O5/c1-20(2,3)27-19(24)21-16-6-4-14(5-7-16)17(23)22-10-8-15(9-11-22)18-25-12-13-26-18/h4-7,15,18H,8-13H2,1-3H3,(H,21,24). The first-order valence-corrected chi connectivity index (χ1v) is 9.44. The SMILES string of the molecule is CC(C)(C)OC(=O)Nc1ccc(C(=O)N2CCC(C3OCCO3)CC2)cc1. The van der Waals surface area contributed by atoms with Gasteiger partial charge in [0.2, 0.25) is 0 Å². The number of piperidine rings is 1. The lowest BCUT2D eigenvalue weighted by atomic mass is 9.95. The largest absolute Gasteiger partial charge is 0.444 e. The van der Waals surface area contributed by atoms with E-state index in [1.807, 2.05) is 25.7 Å². The fraction of sp³-hybridized carbons (Fsp3) is 0.600. The third-order valence-electron chi connectivity index (χ3n) is 4.64. The summed E-state index contributed by atoms with van der Waals surface area (Å²) in [6.45, 7) is 8.14. The average molecular weight is 376 g/mol. The number of carbonyl (C=O) groups excluding carboxylic acids is 2. The minimum atomic E-state index is -0.555. The van der Waals surface area contributed by atoms with Crippen molar-refractivity contribution in [1.82, 2.24) is 4.90 Å². The summed E-state index contributed by atoms with van der Waals surface area (Å²) in [5.74, 6) is 0.363. The van der Waals surface area contributed by atoms with Crippen LogP contribution in [0.1, 0.15) is 44.0 Å². The lowest BCUT2D eigenvalue weighted by Gasteiger charge is -2.33. The molecule has 27 heavy (non-hydrogen) atoms. The first-order valence-electron chi connectivity index (χ1n) is 9.44. The number of benzene rings is 1. The number of rotatable bonds is 3. The van der Waals surface area contributed by atoms with Crippen molar-refractivity contribution in [2.45, 2.75) is 45.5 Å². The highest BCUT2D eigenvalue weighted by molar-refractivity contribution is 5.95. The summed E-state index contributed by atoms with van der Waals surface area (Å²) in [7, 11) is 0. The van der Waals surface area contributed by atoms with Crippen molar-refractivity contribution in [2.24, 2.45) is 5.92 Å². The second-order valence-electron chi connectivity index (χ2n) is 7.94. The third-order valence-corrected chi connectivity index (χ3v) is 4.64. The molecule has 2 aliphatic rings. The van der Waals surface area contributed by atoms with Crippen LogP contribution in [0.25, 0.3) is 0 Å². The van der Waals surface area contributed by atoms with E-state index in [4.69, 9.17) is 14.2 Å². The summed E-state index contributed by atoms with van der Waals surface area (Å²) in [5.41, 5.74) is 0.646. The van der Waals surface area contributed by atoms with Gasteiger partial charge in [-0.05, 0) is 57.9 Å². The van der Waals surface area contributed by atoms with Gasteiger partial charge in [0.25, 0.3) is 5.91 Å². The number of nitrogens with one attached hydrogen (secondary N) is 1. The Bertz CT molecular complexity index is 654. The van der Waals surface area contributed by atoms with E-state index in [1.165, 1.54) is 0 Å². The molecule has 0 radical (unpaired) electrons. The number of hydrogen-bond acceptors (Lipinski definition) is 5. The van der Waals surface area contributed by atoms with E-state index in [1.54, 1.807) is 24.3 Å². The van der Waals surface area contributed by atoms with Gasteiger partial charge in [0.05, 0.1) is 13.2 Å². The second kappa shape index (κ2) is 8.27. The fourth-order valence-corrected chi connectivity index (χ4v) is 3.32. The smallest absolute Gasteiger partial charge is 0.412 e. The number of ether oxygens (including phenoxy) is 3. The number of amides is 2. The van der Waals surface area contributed by atoms with Crippen molar-refractivity contribution in [3.05, 3.63) is 29.8 Å². The lowest BCUT2D eigenvalue weighted by molar-refractivity contribution is -0.0956. The molecule has 1 aromatic rings. The van der Waals surface area contributed by atoms with E-state index in [-0.39, 0.29) is 12.2 Å². The van der Waals surface area contributed by atoms with Crippen LogP contribution in [0, 0.1) is 5.92 Å². The monoisotopic (exact) mass is 376 g/mol. The molecule has 0 atom stereocenters. The quantitative estimate of drug-likeness (QED) is 0.876. The van der Waals surface area contributed by atoms with Crippen LogP contribution in [0.2, 0.25) is 0 Å². The van der Waals surface area contributed by atoms with Gasteiger partial charge in [-0.2, -0.15) is 0 Å². The van der Waals surface area contributed by atoms with E-state index < -0.39 is 11.7 Å². The Morgan fingerprint density at radius 2 is 1.67 bits per heavy atom. The van der Waals surface area contributed by atoms with Crippen LogP contribution in [0.3, 0.4) is 0 Å². The summed E-state index contributed by atoms with van der Waals surface area (Å²) in [5, 5.41) is 2.67. The van der Waals surface area contributed by atoms with E-state index in [9.17, 15) is 9.59 Å². The minimum Gasteiger partial charge on any atom is -0.444 e. The van der Waals surface area contributed by atoms with Crippen molar-refractivity contribution in [1.29, 1.82) is 0 Å². The Kier molecular flexibility index (Phi) is 6.01. The van der Waals surface area contributed by atoms with Gasteiger partial charge in [0.1, 0.15) is 5.60 Å². The van der Waals surface area contributed by atoms with Gasteiger partial charge in [-0.3, -0.25) is 10.1 Å². The molecule has 3 rings (SSSR count). The van der Waals surface area contributed by atoms with Crippen LogP contribution >= 0.6 is 0 Å². The summed E-state index contributed by atoms with van der Waals surface area (Å²) in [6, 6.07) is 6.88. The molecular weight excluding hydrogens is 348 g/mol. The van der Waals surface area contributed by atoms with Crippen molar-refractivity contribution in [2.75, 3.05) is 31.6 Å². The molecule has 1 aromatic carbocycles. The molecule has 2 saturated heterocycles. The summed E-state index contributed by atoms with van der Waals surface area (Å²) in [6.07, 6.45) is 1.14. The van der Waals surface area contributed by atoms with Crippen LogP contribution in [0.5, 0.6) is 0 Å². The zero-order valence-electron chi connectivity index (χ0n) is 16.2. The fourth-order valence-electron chi connectivity index (χ4n) is 3.32. The van der Waals surface area contributed by atoms with Crippen LogP contribution < -0.4 is 5.32 Å². The molecule has 2 amide bonds. The van der Waals surface area contributed by atoms with Crippen LogP contribution in [-0.4, -0.2) is 55.1 Å². The number of hydrogen-bond donors (Lipinski definition) is 1. The Hall–Kier alpha value is -2.12. The van der Waals surface area contributed by atoms with Crippen molar-refractivity contribution in [3.63, 3.8) is 0 Å². The first-order chi connectivity index (χ1) is 12.8. The molecule has 0 aromatic heterocycles. The molecule has 0 aliphatic carbocycles. The zero-order valence-corrected chi connectivity index (χ0v) is 16.2. The molecule has 2 heterocycles. The Balaban J connectivity index is 1.51. The topological polar surface area (TPSA) is 77.1 Å². The molecule has 0 unspecified atom stereocenters. The Morgan fingerprint density at radius 1 is 1.07 bits per heavy atom. The molecule has 0 saturated carbocycles. The van der Waals surface area contributed by atoms with Gasteiger partial charge in [0, 0.05) is 30.3 Å². The maximum Gasteiger partial charge on any atom is 0.412 e. The number of nitrogens with zero attached hydrogens (tertiary/aromatic N) is 1. The van der Waals surface area contributed by atoms with Gasteiger partial charge >= 0.3 is 6.09 Å². The van der Waals surface area contributed by atoms with Crippen LogP contribution in [0.4, 0.5) is 10.5 Å². The minimum absolute atomic E-state index is 0.00512. The average Bonchev–Trinajstić information content (AvgIpc) is 3.15. The Labute approximate surface area is 160 Å². The second-order valence-corrected chi connectivity index (χ2v) is 7.94. The molecule has 1 N–H and O–H groups in total. The van der Waals surface area contributed by atoms with Crippen molar-refractivity contribution in [3.8, 4) is 0 Å². The van der Waals surface area contributed by atoms with Gasteiger partial charge < -0.3 is 19.1 Å².